The zero-order chi connectivity index (χ0) is 24.7. The minimum absolute atomic E-state index is 0.160. The predicted octanol–water partition coefficient (Wildman–Crippen LogP) is 4.95. The number of likely N-dealkylation sites (N-methyl/N-ethyl adjacent to an activating group) is 1. The number of amides is 4. The van der Waals surface area contributed by atoms with E-state index in [0.717, 1.165) is 12.8 Å². The Hall–Kier alpha value is -3.02. The molecule has 176 valence electrons. The molecule has 0 aromatic carbocycles. The van der Waals surface area contributed by atoms with Gasteiger partial charge in [0.2, 0.25) is 0 Å². The Kier molecular flexibility index (Phi) is 14.2. The maximum atomic E-state index is 11.7. The maximum Gasteiger partial charge on any atom is 0.261 e. The van der Waals surface area contributed by atoms with Crippen LogP contribution in [0.2, 0.25) is 0 Å². The first-order valence-corrected chi connectivity index (χ1v) is 11.7. The van der Waals surface area contributed by atoms with E-state index in [0.29, 0.717) is 35.3 Å². The second kappa shape index (κ2) is 15.7. The molecule has 1 N–H and O–H groups in total. The molecule has 2 aliphatic heterocycles. The van der Waals surface area contributed by atoms with Gasteiger partial charge < -0.3 is 0 Å². The van der Waals surface area contributed by atoms with Crippen molar-refractivity contribution in [3.8, 4) is 0 Å². The van der Waals surface area contributed by atoms with Crippen LogP contribution in [0.3, 0.4) is 0 Å². The molecule has 2 heterocycles. The highest BCUT2D eigenvalue weighted by Gasteiger charge is 2.37. The van der Waals surface area contributed by atoms with E-state index in [1.165, 1.54) is 11.3 Å². The van der Waals surface area contributed by atoms with E-state index in [4.69, 9.17) is 0 Å². The Bertz CT molecular complexity index is 812. The number of rotatable bonds is 1. The van der Waals surface area contributed by atoms with Crippen LogP contribution >= 0.6 is 0 Å². The minimum Gasteiger partial charge on any atom is -0.288 e. The van der Waals surface area contributed by atoms with Crippen molar-refractivity contribution in [1.29, 1.82) is 0 Å². The Morgan fingerprint density at radius 1 is 0.750 bits per heavy atom. The second-order valence-electron chi connectivity index (χ2n) is 6.52. The first-order chi connectivity index (χ1) is 15.5. The molecule has 0 spiro atoms. The van der Waals surface area contributed by atoms with Gasteiger partial charge in [-0.05, 0) is 32.3 Å². The number of nitrogens with zero attached hydrogens (tertiary/aromatic N) is 1. The Balaban J connectivity index is 0.000000478. The lowest BCUT2D eigenvalue weighted by Gasteiger charge is -2.08. The van der Waals surface area contributed by atoms with Crippen LogP contribution in [0.5, 0.6) is 0 Å². The van der Waals surface area contributed by atoms with Gasteiger partial charge in [-0.2, -0.15) is 0 Å². The summed E-state index contributed by atoms with van der Waals surface area (Å²) in [6.45, 7) is 14.5. The van der Waals surface area contributed by atoms with Crippen molar-refractivity contribution in [2.45, 2.75) is 74.1 Å². The van der Waals surface area contributed by atoms with Gasteiger partial charge >= 0.3 is 0 Å². The van der Waals surface area contributed by atoms with E-state index in [2.05, 4.69) is 19.2 Å². The number of nitrogens with one attached hydrogen (secondary N) is 1. The average molecular weight is 443 g/mol. The van der Waals surface area contributed by atoms with Crippen LogP contribution < -0.4 is 5.32 Å². The summed E-state index contributed by atoms with van der Waals surface area (Å²) in [6.07, 6.45) is 14.6. The maximum absolute atomic E-state index is 11.7. The molecule has 4 aliphatic rings. The minimum atomic E-state index is -0.249. The molecule has 0 aromatic rings. The Labute approximate surface area is 192 Å². The Morgan fingerprint density at radius 3 is 1.69 bits per heavy atom. The molecule has 2 fully saturated rings. The smallest absolute Gasteiger partial charge is 0.261 e. The van der Waals surface area contributed by atoms with Crippen molar-refractivity contribution in [2.24, 2.45) is 0 Å². The molecule has 0 bridgehead atoms. The van der Waals surface area contributed by atoms with Gasteiger partial charge in [-0.15, -0.1) is 0 Å². The lowest BCUT2D eigenvalue weighted by atomic mass is 10.0. The molecular formula is C26H38N2O4. The van der Waals surface area contributed by atoms with Crippen LogP contribution in [0.25, 0.3) is 0 Å². The van der Waals surface area contributed by atoms with Gasteiger partial charge in [-0.25, -0.2) is 0 Å². The standard InChI is InChI=1S/C11H11NO2.C8H7NO2.C3H8.2C2H6/c1-2-12-10(13)8-6-4-3-5-7-9(8)11(12)14;10-7-5-3-1-2-4-6(5)8(11)9-7;1-3-2;2*1-2/h3-4,6-7H,2,5H2,1H3;3-4H,1-2H2,(H,9,10,11);3H2,1-2H3;2*1-2H3. The van der Waals surface area contributed by atoms with Crippen molar-refractivity contribution in [2.75, 3.05) is 6.54 Å². The molecular weight excluding hydrogens is 404 g/mol. The normalized spacial score (nSPS) is 17.5. The van der Waals surface area contributed by atoms with Crippen molar-refractivity contribution in [3.63, 3.8) is 0 Å². The van der Waals surface area contributed by atoms with E-state index in [-0.39, 0.29) is 23.6 Å². The van der Waals surface area contributed by atoms with Crippen LogP contribution in [-0.2, 0) is 19.2 Å². The predicted molar refractivity (Wildman–Crippen MR) is 130 cm³/mol. The summed E-state index contributed by atoms with van der Waals surface area (Å²) in [7, 11) is 0. The highest BCUT2D eigenvalue weighted by Crippen LogP contribution is 2.26. The van der Waals surface area contributed by atoms with E-state index < -0.39 is 0 Å². The van der Waals surface area contributed by atoms with Crippen LogP contribution in [0.4, 0.5) is 0 Å². The van der Waals surface area contributed by atoms with Crippen LogP contribution in [0.15, 0.2) is 58.7 Å². The summed E-state index contributed by atoms with van der Waals surface area (Å²) in [5.41, 5.74) is 2.20. The van der Waals surface area contributed by atoms with Gasteiger partial charge in [0.15, 0.2) is 0 Å². The van der Waals surface area contributed by atoms with Crippen molar-refractivity contribution >= 4 is 23.6 Å². The SMILES string of the molecule is CC.CC.CCC.CCN1C(=O)C2=CC=CCC=C2C1=O.O=C1NC(=O)C2=CCCC=C12. The van der Waals surface area contributed by atoms with E-state index >= 15 is 0 Å². The number of hydrogen-bond acceptors (Lipinski definition) is 4. The molecule has 0 atom stereocenters. The summed E-state index contributed by atoms with van der Waals surface area (Å²) in [4.78, 5) is 46.6. The molecule has 0 unspecified atom stereocenters. The molecule has 4 amide bonds. The molecule has 32 heavy (non-hydrogen) atoms. The van der Waals surface area contributed by atoms with Crippen molar-refractivity contribution in [3.05, 3.63) is 58.7 Å². The lowest BCUT2D eigenvalue weighted by Crippen LogP contribution is -2.29. The van der Waals surface area contributed by atoms with Gasteiger partial charge in [0.25, 0.3) is 23.6 Å². The Morgan fingerprint density at radius 2 is 1.22 bits per heavy atom. The monoisotopic (exact) mass is 442 g/mol. The zero-order valence-corrected chi connectivity index (χ0v) is 20.6. The van der Waals surface area contributed by atoms with Crippen molar-refractivity contribution in [1.82, 2.24) is 10.2 Å². The number of imide groups is 2. The van der Waals surface area contributed by atoms with E-state index in [1.54, 1.807) is 13.0 Å². The molecule has 2 saturated heterocycles. The number of hydrogen-bond donors (Lipinski definition) is 1. The molecule has 6 nitrogen and oxygen atoms in total. The van der Waals surface area contributed by atoms with Crippen LogP contribution in [0, 0.1) is 0 Å². The molecule has 0 radical (unpaired) electrons. The second-order valence-corrected chi connectivity index (χ2v) is 6.52. The lowest BCUT2D eigenvalue weighted by molar-refractivity contribution is -0.136. The summed E-state index contributed by atoms with van der Waals surface area (Å²) >= 11 is 0. The molecule has 0 saturated carbocycles. The molecule has 2 aliphatic carbocycles. The number of carbonyl (C=O) groups excluding carboxylic acids is 4. The first-order valence-electron chi connectivity index (χ1n) is 11.7. The van der Waals surface area contributed by atoms with Gasteiger partial charge in [0, 0.05) is 23.3 Å². The van der Waals surface area contributed by atoms with E-state index in [1.807, 2.05) is 58.1 Å². The fourth-order valence-electron chi connectivity index (χ4n) is 3.03. The van der Waals surface area contributed by atoms with Crippen molar-refractivity contribution < 1.29 is 19.2 Å². The summed E-state index contributed by atoms with van der Waals surface area (Å²) < 4.78 is 0. The molecule has 4 rings (SSSR count). The highest BCUT2D eigenvalue weighted by atomic mass is 16.2. The van der Waals surface area contributed by atoms with E-state index in [9.17, 15) is 19.2 Å². The number of likely N-dealkylation sites (tertiary alicyclic amines) is 1. The number of carbonyl (C=O) groups is 4. The average Bonchev–Trinajstić information content (AvgIpc) is 3.10. The van der Waals surface area contributed by atoms with Gasteiger partial charge in [-0.1, -0.05) is 78.3 Å². The first kappa shape index (κ1) is 29.0. The van der Waals surface area contributed by atoms with Gasteiger partial charge in [0.1, 0.15) is 0 Å². The topological polar surface area (TPSA) is 83.6 Å². The third-order valence-corrected chi connectivity index (χ3v) is 4.28. The highest BCUT2D eigenvalue weighted by molar-refractivity contribution is 6.25. The largest absolute Gasteiger partial charge is 0.288 e. The number of fused-ring (bicyclic) bond motifs is 2. The third-order valence-electron chi connectivity index (χ3n) is 4.28. The quantitative estimate of drug-likeness (QED) is 0.583. The molecule has 0 aromatic heterocycles. The van der Waals surface area contributed by atoms with Crippen LogP contribution in [-0.4, -0.2) is 35.1 Å². The zero-order valence-electron chi connectivity index (χ0n) is 20.6. The van der Waals surface area contributed by atoms with Gasteiger partial charge in [-0.3, -0.25) is 29.4 Å². The fraction of sp³-hybridized carbons (Fsp3) is 0.462. The third kappa shape index (κ3) is 7.29. The number of allylic oxidation sites excluding steroid dienone is 6. The summed E-state index contributed by atoms with van der Waals surface area (Å²) in [6, 6.07) is 0. The fourth-order valence-corrected chi connectivity index (χ4v) is 3.03. The molecule has 6 heteroatoms. The summed E-state index contributed by atoms with van der Waals surface area (Å²) in [5, 5.41) is 2.24. The van der Waals surface area contributed by atoms with Crippen LogP contribution in [0.1, 0.15) is 74.1 Å². The van der Waals surface area contributed by atoms with Gasteiger partial charge in [0.05, 0.1) is 5.57 Å². The summed E-state index contributed by atoms with van der Waals surface area (Å²) in [5.74, 6) is -0.829.